The van der Waals surface area contributed by atoms with Crippen LogP contribution in [-0.2, 0) is 9.59 Å². The average molecular weight is 344 g/mol. The second-order valence-corrected chi connectivity index (χ2v) is 6.10. The molecule has 0 aliphatic carbocycles. The molecule has 5 nitrogen and oxygen atoms in total. The zero-order valence-electron chi connectivity index (χ0n) is 13.1. The number of rotatable bonds is 3. The summed E-state index contributed by atoms with van der Waals surface area (Å²) in [5, 5.41) is 5.60. The van der Waals surface area contributed by atoms with E-state index in [1.807, 2.05) is 12.1 Å². The summed E-state index contributed by atoms with van der Waals surface area (Å²) in [5.74, 6) is -1.45. The molecule has 24 heavy (non-hydrogen) atoms. The first-order valence-corrected chi connectivity index (χ1v) is 8.22. The van der Waals surface area contributed by atoms with E-state index >= 15 is 0 Å². The normalized spacial score (nSPS) is 13.6. The van der Waals surface area contributed by atoms with E-state index in [-0.39, 0.29) is 0 Å². The van der Waals surface area contributed by atoms with E-state index in [0.717, 1.165) is 18.8 Å². The highest BCUT2D eigenvalue weighted by Gasteiger charge is 2.15. The highest BCUT2D eigenvalue weighted by atomic mass is 35.5. The molecule has 0 spiro atoms. The summed E-state index contributed by atoms with van der Waals surface area (Å²) in [7, 11) is 0. The fourth-order valence-electron chi connectivity index (χ4n) is 2.67. The lowest BCUT2D eigenvalue weighted by molar-refractivity contribution is -0.132. The molecule has 0 saturated carbocycles. The third kappa shape index (κ3) is 4.06. The molecule has 0 aromatic heterocycles. The molecule has 0 bridgehead atoms. The van der Waals surface area contributed by atoms with Crippen LogP contribution >= 0.6 is 11.6 Å². The number of nitrogens with zero attached hydrogens (tertiary/aromatic N) is 1. The summed E-state index contributed by atoms with van der Waals surface area (Å²) < 4.78 is 0. The zero-order chi connectivity index (χ0) is 16.9. The molecule has 1 heterocycles. The minimum absolute atomic E-state index is 0.479. The SMILES string of the molecule is O=C(Nc1ccc(N2CCCC2)cc1)C(=O)Nc1cccc(Cl)c1. The van der Waals surface area contributed by atoms with Gasteiger partial charge < -0.3 is 15.5 Å². The van der Waals surface area contributed by atoms with Crippen LogP contribution in [0.1, 0.15) is 12.8 Å². The van der Waals surface area contributed by atoms with Crippen LogP contribution in [0.5, 0.6) is 0 Å². The Labute approximate surface area is 145 Å². The molecule has 0 atom stereocenters. The Hall–Kier alpha value is -2.53. The van der Waals surface area contributed by atoms with Crippen LogP contribution in [0.4, 0.5) is 17.1 Å². The molecule has 2 aromatic rings. The number of hydrogen-bond donors (Lipinski definition) is 2. The van der Waals surface area contributed by atoms with Gasteiger partial charge in [-0.15, -0.1) is 0 Å². The lowest BCUT2D eigenvalue weighted by atomic mass is 10.2. The topological polar surface area (TPSA) is 61.4 Å². The number of anilines is 3. The van der Waals surface area contributed by atoms with Gasteiger partial charge >= 0.3 is 11.8 Å². The number of halogens is 1. The van der Waals surface area contributed by atoms with E-state index in [1.54, 1.807) is 36.4 Å². The second-order valence-electron chi connectivity index (χ2n) is 5.66. The van der Waals surface area contributed by atoms with Gasteiger partial charge in [-0.1, -0.05) is 17.7 Å². The molecular weight excluding hydrogens is 326 g/mol. The zero-order valence-corrected chi connectivity index (χ0v) is 13.8. The smallest absolute Gasteiger partial charge is 0.314 e. The molecule has 3 rings (SSSR count). The van der Waals surface area contributed by atoms with Crippen molar-refractivity contribution in [1.29, 1.82) is 0 Å². The van der Waals surface area contributed by atoms with Gasteiger partial charge in [-0.3, -0.25) is 9.59 Å². The molecule has 1 aliphatic rings. The molecule has 1 saturated heterocycles. The summed E-state index contributed by atoms with van der Waals surface area (Å²) in [4.78, 5) is 26.2. The first-order valence-electron chi connectivity index (χ1n) is 7.85. The largest absolute Gasteiger partial charge is 0.372 e. The molecule has 0 unspecified atom stereocenters. The Morgan fingerprint density at radius 1 is 0.875 bits per heavy atom. The lowest BCUT2D eigenvalue weighted by Gasteiger charge is -2.17. The highest BCUT2D eigenvalue weighted by molar-refractivity contribution is 6.43. The summed E-state index contributed by atoms with van der Waals surface area (Å²) in [6.45, 7) is 2.13. The molecule has 2 N–H and O–H groups in total. The third-order valence-corrected chi connectivity index (χ3v) is 4.12. The fourth-order valence-corrected chi connectivity index (χ4v) is 2.86. The minimum atomic E-state index is -0.735. The van der Waals surface area contributed by atoms with Crippen molar-refractivity contribution in [2.75, 3.05) is 28.6 Å². The Morgan fingerprint density at radius 2 is 1.50 bits per heavy atom. The van der Waals surface area contributed by atoms with Crippen LogP contribution in [0.2, 0.25) is 5.02 Å². The van der Waals surface area contributed by atoms with E-state index in [0.29, 0.717) is 16.4 Å². The molecule has 124 valence electrons. The molecule has 0 radical (unpaired) electrons. The Morgan fingerprint density at radius 3 is 2.12 bits per heavy atom. The van der Waals surface area contributed by atoms with Crippen molar-refractivity contribution in [3.63, 3.8) is 0 Å². The van der Waals surface area contributed by atoms with Gasteiger partial charge in [0.05, 0.1) is 0 Å². The standard InChI is InChI=1S/C18H18ClN3O2/c19-13-4-3-5-15(12-13)21-18(24)17(23)20-14-6-8-16(9-7-14)22-10-1-2-11-22/h3-9,12H,1-2,10-11H2,(H,20,23)(H,21,24). The Bertz CT molecular complexity index is 740. The summed E-state index contributed by atoms with van der Waals surface area (Å²) in [5.41, 5.74) is 2.20. The van der Waals surface area contributed by atoms with E-state index in [2.05, 4.69) is 15.5 Å². The van der Waals surface area contributed by atoms with Gasteiger partial charge in [0.1, 0.15) is 0 Å². The van der Waals surface area contributed by atoms with Crippen molar-refractivity contribution in [2.45, 2.75) is 12.8 Å². The lowest BCUT2D eigenvalue weighted by Crippen LogP contribution is -2.29. The number of benzene rings is 2. The van der Waals surface area contributed by atoms with Crippen molar-refractivity contribution in [2.24, 2.45) is 0 Å². The predicted octanol–water partition coefficient (Wildman–Crippen LogP) is 3.52. The van der Waals surface area contributed by atoms with Crippen LogP contribution in [0.15, 0.2) is 48.5 Å². The van der Waals surface area contributed by atoms with Crippen LogP contribution in [-0.4, -0.2) is 24.9 Å². The van der Waals surface area contributed by atoms with E-state index < -0.39 is 11.8 Å². The summed E-state index contributed by atoms with van der Waals surface area (Å²) in [6.07, 6.45) is 2.42. The van der Waals surface area contributed by atoms with Crippen LogP contribution in [0, 0.1) is 0 Å². The van der Waals surface area contributed by atoms with Gasteiger partial charge in [0.25, 0.3) is 0 Å². The van der Waals surface area contributed by atoms with Gasteiger partial charge in [-0.2, -0.15) is 0 Å². The Kier molecular flexibility index (Phi) is 5.01. The van der Waals surface area contributed by atoms with E-state index in [9.17, 15) is 9.59 Å². The van der Waals surface area contributed by atoms with Crippen molar-refractivity contribution < 1.29 is 9.59 Å². The molecular formula is C18H18ClN3O2. The molecule has 1 fully saturated rings. The molecule has 2 amide bonds. The van der Waals surface area contributed by atoms with Gasteiger partial charge in [-0.05, 0) is 55.3 Å². The van der Waals surface area contributed by atoms with Crippen molar-refractivity contribution >= 4 is 40.5 Å². The van der Waals surface area contributed by atoms with E-state index in [4.69, 9.17) is 11.6 Å². The average Bonchev–Trinajstić information content (AvgIpc) is 3.10. The highest BCUT2D eigenvalue weighted by Crippen LogP contribution is 2.22. The van der Waals surface area contributed by atoms with Crippen LogP contribution < -0.4 is 15.5 Å². The molecule has 1 aliphatic heterocycles. The van der Waals surface area contributed by atoms with Crippen molar-refractivity contribution in [3.05, 3.63) is 53.6 Å². The van der Waals surface area contributed by atoms with E-state index in [1.165, 1.54) is 12.8 Å². The monoisotopic (exact) mass is 343 g/mol. The minimum Gasteiger partial charge on any atom is -0.372 e. The van der Waals surface area contributed by atoms with Crippen LogP contribution in [0.25, 0.3) is 0 Å². The molecule has 6 heteroatoms. The first kappa shape index (κ1) is 16.3. The first-order chi connectivity index (χ1) is 11.6. The van der Waals surface area contributed by atoms with Gasteiger partial charge in [0.15, 0.2) is 0 Å². The summed E-state index contributed by atoms with van der Waals surface area (Å²) in [6, 6.07) is 14.2. The number of carbonyl (C=O) groups is 2. The van der Waals surface area contributed by atoms with Gasteiger partial charge in [-0.25, -0.2) is 0 Å². The molecule has 2 aromatic carbocycles. The van der Waals surface area contributed by atoms with Crippen molar-refractivity contribution in [3.8, 4) is 0 Å². The van der Waals surface area contributed by atoms with Crippen molar-refractivity contribution in [1.82, 2.24) is 0 Å². The summed E-state index contributed by atoms with van der Waals surface area (Å²) >= 11 is 5.85. The number of nitrogens with one attached hydrogen (secondary N) is 2. The Balaban J connectivity index is 1.58. The van der Waals surface area contributed by atoms with Crippen LogP contribution in [0.3, 0.4) is 0 Å². The number of carbonyl (C=O) groups excluding carboxylic acids is 2. The number of hydrogen-bond acceptors (Lipinski definition) is 3. The van der Waals surface area contributed by atoms with Gasteiger partial charge in [0, 0.05) is 35.2 Å². The third-order valence-electron chi connectivity index (χ3n) is 3.89. The maximum atomic E-state index is 12.0. The van der Waals surface area contributed by atoms with Gasteiger partial charge in [0.2, 0.25) is 0 Å². The predicted molar refractivity (Wildman–Crippen MR) is 96.6 cm³/mol. The quantitative estimate of drug-likeness (QED) is 0.838. The second kappa shape index (κ2) is 7.36. The maximum Gasteiger partial charge on any atom is 0.314 e. The maximum absolute atomic E-state index is 12.0. The number of amides is 2. The fraction of sp³-hybridized carbons (Fsp3) is 0.222.